The minimum Gasteiger partial charge on any atom is -0.507 e. The molecule has 190 valence electrons. The van der Waals surface area contributed by atoms with Gasteiger partial charge in [-0.1, -0.05) is 36.8 Å². The van der Waals surface area contributed by atoms with Crippen LogP contribution in [0.5, 0.6) is 5.75 Å². The Bertz CT molecular complexity index is 1180. The molecule has 2 heterocycles. The first-order chi connectivity index (χ1) is 17.5. The van der Waals surface area contributed by atoms with Gasteiger partial charge in [0.15, 0.2) is 0 Å². The summed E-state index contributed by atoms with van der Waals surface area (Å²) < 4.78 is 7.09. The SMILES string of the molecule is Cn1cccc1C(=O)NCc1cccc(-c2ccc(CCCCCC(=O)N3CCOCC3)cc2O)c1. The molecular formula is C29H35N3O4. The molecule has 1 fully saturated rings. The van der Waals surface area contributed by atoms with Gasteiger partial charge in [-0.25, -0.2) is 0 Å². The molecule has 0 bridgehead atoms. The molecule has 2 amide bonds. The number of hydrogen-bond donors (Lipinski definition) is 2. The third kappa shape index (κ3) is 6.76. The summed E-state index contributed by atoms with van der Waals surface area (Å²) in [5, 5.41) is 13.6. The normalized spacial score (nSPS) is 13.5. The summed E-state index contributed by atoms with van der Waals surface area (Å²) in [4.78, 5) is 26.5. The van der Waals surface area contributed by atoms with Gasteiger partial charge in [-0.15, -0.1) is 0 Å². The predicted molar refractivity (Wildman–Crippen MR) is 140 cm³/mol. The predicted octanol–water partition coefficient (Wildman–Crippen LogP) is 4.29. The highest BCUT2D eigenvalue weighted by atomic mass is 16.5. The topological polar surface area (TPSA) is 83.8 Å². The quantitative estimate of drug-likeness (QED) is 0.416. The number of phenols is 1. The summed E-state index contributed by atoms with van der Waals surface area (Å²) in [6.45, 7) is 3.09. The van der Waals surface area contributed by atoms with Gasteiger partial charge in [0.05, 0.1) is 13.2 Å². The van der Waals surface area contributed by atoms with Crippen molar-refractivity contribution in [3.63, 3.8) is 0 Å². The van der Waals surface area contributed by atoms with Gasteiger partial charge in [-0.3, -0.25) is 9.59 Å². The average molecular weight is 490 g/mol. The molecule has 1 saturated heterocycles. The number of unbranched alkanes of at least 4 members (excludes halogenated alkanes) is 2. The maximum Gasteiger partial charge on any atom is 0.268 e. The van der Waals surface area contributed by atoms with Crippen molar-refractivity contribution in [2.45, 2.75) is 38.6 Å². The average Bonchev–Trinajstić information content (AvgIpc) is 3.33. The van der Waals surface area contributed by atoms with Crippen LogP contribution in [0.4, 0.5) is 0 Å². The van der Waals surface area contributed by atoms with Crippen LogP contribution in [0, 0.1) is 0 Å². The van der Waals surface area contributed by atoms with E-state index in [1.165, 1.54) is 0 Å². The summed E-state index contributed by atoms with van der Waals surface area (Å²) in [5.74, 6) is 0.354. The molecule has 7 nitrogen and oxygen atoms in total. The number of nitrogens with one attached hydrogen (secondary N) is 1. The van der Waals surface area contributed by atoms with E-state index in [4.69, 9.17) is 4.74 Å². The first kappa shape index (κ1) is 25.5. The molecule has 0 aliphatic carbocycles. The van der Waals surface area contributed by atoms with Gasteiger partial charge in [0.1, 0.15) is 11.4 Å². The number of rotatable bonds is 10. The molecule has 7 heteroatoms. The lowest BCUT2D eigenvalue weighted by atomic mass is 9.98. The van der Waals surface area contributed by atoms with Gasteiger partial charge >= 0.3 is 0 Å². The Kier molecular flexibility index (Phi) is 8.79. The standard InChI is InChI=1S/C29H35N3O4/c1-31-14-6-10-26(31)29(35)30-21-23-8-5-9-24(19-23)25-13-12-22(20-27(25)33)7-3-2-4-11-28(34)32-15-17-36-18-16-32/h5-6,8-10,12-14,19-20,33H,2-4,7,11,15-18,21H2,1H3,(H,30,35). The van der Waals surface area contributed by atoms with Crippen LogP contribution in [-0.4, -0.2) is 52.7 Å². The lowest BCUT2D eigenvalue weighted by Gasteiger charge is -2.26. The van der Waals surface area contributed by atoms with Crippen molar-refractivity contribution in [1.82, 2.24) is 14.8 Å². The van der Waals surface area contributed by atoms with Crippen LogP contribution in [0.3, 0.4) is 0 Å². The Hall–Kier alpha value is -3.58. The zero-order valence-electron chi connectivity index (χ0n) is 20.9. The van der Waals surface area contributed by atoms with Crippen LogP contribution < -0.4 is 5.32 Å². The number of ether oxygens (including phenoxy) is 1. The van der Waals surface area contributed by atoms with Crippen molar-refractivity contribution in [1.29, 1.82) is 0 Å². The van der Waals surface area contributed by atoms with E-state index < -0.39 is 0 Å². The van der Waals surface area contributed by atoms with Crippen molar-refractivity contribution in [3.05, 3.63) is 77.6 Å². The number of aromatic hydroxyl groups is 1. The molecule has 4 rings (SSSR count). The molecule has 1 aliphatic rings. The zero-order valence-corrected chi connectivity index (χ0v) is 20.9. The first-order valence-electron chi connectivity index (χ1n) is 12.7. The number of phenolic OH excluding ortho intramolecular Hbond substituents is 1. The fourth-order valence-electron chi connectivity index (χ4n) is 4.55. The Morgan fingerprint density at radius 2 is 1.81 bits per heavy atom. The van der Waals surface area contributed by atoms with Crippen molar-refractivity contribution >= 4 is 11.8 Å². The van der Waals surface area contributed by atoms with E-state index in [9.17, 15) is 14.7 Å². The second kappa shape index (κ2) is 12.4. The number of benzene rings is 2. The summed E-state index contributed by atoms with van der Waals surface area (Å²) in [6.07, 6.45) is 6.14. The number of carbonyl (C=O) groups is 2. The molecule has 0 radical (unpaired) electrons. The Morgan fingerprint density at radius 1 is 0.972 bits per heavy atom. The Morgan fingerprint density at radius 3 is 2.56 bits per heavy atom. The molecule has 3 aromatic rings. The fourth-order valence-corrected chi connectivity index (χ4v) is 4.55. The smallest absolute Gasteiger partial charge is 0.268 e. The minimum atomic E-state index is -0.120. The van der Waals surface area contributed by atoms with E-state index in [2.05, 4.69) is 11.4 Å². The Labute approximate surface area is 212 Å². The lowest BCUT2D eigenvalue weighted by molar-refractivity contribution is -0.135. The second-order valence-corrected chi connectivity index (χ2v) is 9.29. The van der Waals surface area contributed by atoms with E-state index in [-0.39, 0.29) is 17.6 Å². The van der Waals surface area contributed by atoms with E-state index in [0.717, 1.165) is 47.9 Å². The second-order valence-electron chi connectivity index (χ2n) is 9.29. The summed E-state index contributed by atoms with van der Waals surface area (Å²) >= 11 is 0. The molecule has 2 aromatic carbocycles. The van der Waals surface area contributed by atoms with Gasteiger partial charge in [-0.2, -0.15) is 0 Å². The van der Waals surface area contributed by atoms with Crippen LogP contribution in [0.15, 0.2) is 60.8 Å². The monoisotopic (exact) mass is 489 g/mol. The minimum absolute atomic E-state index is 0.120. The van der Waals surface area contributed by atoms with E-state index in [1.807, 2.05) is 60.6 Å². The molecular weight excluding hydrogens is 454 g/mol. The summed E-state index contributed by atoms with van der Waals surface area (Å²) in [6, 6.07) is 17.3. The van der Waals surface area contributed by atoms with Gasteiger partial charge in [0, 0.05) is 44.9 Å². The third-order valence-electron chi connectivity index (χ3n) is 6.65. The zero-order chi connectivity index (χ0) is 25.3. The van der Waals surface area contributed by atoms with Gasteiger partial charge in [0.25, 0.3) is 5.91 Å². The molecule has 2 N–H and O–H groups in total. The number of carbonyl (C=O) groups excluding carboxylic acids is 2. The highest BCUT2D eigenvalue weighted by Crippen LogP contribution is 2.31. The van der Waals surface area contributed by atoms with Gasteiger partial charge in [0.2, 0.25) is 5.91 Å². The molecule has 0 atom stereocenters. The first-order valence-corrected chi connectivity index (χ1v) is 12.7. The highest BCUT2D eigenvalue weighted by Gasteiger charge is 2.16. The maximum atomic E-state index is 12.4. The van der Waals surface area contributed by atoms with Crippen LogP contribution >= 0.6 is 0 Å². The third-order valence-corrected chi connectivity index (χ3v) is 6.65. The van der Waals surface area contributed by atoms with E-state index in [1.54, 1.807) is 10.6 Å². The molecule has 0 unspecified atom stereocenters. The molecule has 1 aromatic heterocycles. The van der Waals surface area contributed by atoms with E-state index in [0.29, 0.717) is 45.0 Å². The van der Waals surface area contributed by atoms with Crippen LogP contribution in [0.1, 0.15) is 47.3 Å². The molecule has 0 saturated carbocycles. The number of nitrogens with zero attached hydrogens (tertiary/aromatic N) is 2. The van der Waals surface area contributed by atoms with Crippen LogP contribution in [-0.2, 0) is 29.5 Å². The van der Waals surface area contributed by atoms with Crippen molar-refractivity contribution in [3.8, 4) is 16.9 Å². The number of hydrogen-bond acceptors (Lipinski definition) is 4. The number of amides is 2. The fraction of sp³-hybridized carbons (Fsp3) is 0.379. The summed E-state index contributed by atoms with van der Waals surface area (Å²) in [5.41, 5.74) is 4.34. The number of aryl methyl sites for hydroxylation is 2. The number of aromatic nitrogens is 1. The Balaban J connectivity index is 1.26. The van der Waals surface area contributed by atoms with E-state index >= 15 is 0 Å². The van der Waals surface area contributed by atoms with Crippen molar-refractivity contribution in [2.75, 3.05) is 26.3 Å². The molecule has 0 spiro atoms. The van der Waals surface area contributed by atoms with Crippen LogP contribution in [0.2, 0.25) is 0 Å². The summed E-state index contributed by atoms with van der Waals surface area (Å²) in [7, 11) is 1.84. The highest BCUT2D eigenvalue weighted by molar-refractivity contribution is 5.92. The molecule has 1 aliphatic heterocycles. The maximum absolute atomic E-state index is 12.4. The van der Waals surface area contributed by atoms with Crippen molar-refractivity contribution in [2.24, 2.45) is 7.05 Å². The van der Waals surface area contributed by atoms with Gasteiger partial charge < -0.3 is 24.6 Å². The molecule has 36 heavy (non-hydrogen) atoms. The lowest BCUT2D eigenvalue weighted by Crippen LogP contribution is -2.40. The van der Waals surface area contributed by atoms with Gasteiger partial charge in [-0.05, 0) is 60.2 Å². The van der Waals surface area contributed by atoms with Crippen molar-refractivity contribution < 1.29 is 19.4 Å². The largest absolute Gasteiger partial charge is 0.507 e. The van der Waals surface area contributed by atoms with Crippen LogP contribution in [0.25, 0.3) is 11.1 Å². The number of morpholine rings is 1.